The molecule has 0 aliphatic carbocycles. The minimum atomic E-state index is -0.291. The number of hydrazone groups is 1. The molecule has 2 aliphatic heterocycles. The van der Waals surface area contributed by atoms with Crippen molar-refractivity contribution in [1.29, 1.82) is 0 Å². The first kappa shape index (κ1) is 17.9. The lowest BCUT2D eigenvalue weighted by Gasteiger charge is -2.38. The molecule has 2 atom stereocenters. The maximum absolute atomic E-state index is 6.44. The van der Waals surface area contributed by atoms with Gasteiger partial charge in [-0.3, -0.25) is 4.98 Å². The zero-order valence-electron chi connectivity index (χ0n) is 15.1. The number of hydrogen-bond donors (Lipinski definition) is 0. The Hall–Kier alpha value is -2.18. The fourth-order valence-corrected chi connectivity index (χ4v) is 5.13. The van der Waals surface area contributed by atoms with Crippen LogP contribution in [0.4, 0.5) is 0 Å². The largest absolute Gasteiger partial charge is 0.463 e. The predicted molar refractivity (Wildman–Crippen MR) is 116 cm³/mol. The van der Waals surface area contributed by atoms with E-state index in [1.54, 1.807) is 12.4 Å². The maximum Gasteiger partial charge on any atom is 0.214 e. The Labute approximate surface area is 180 Å². The molecule has 2 aliphatic rings. The van der Waals surface area contributed by atoms with Crippen LogP contribution in [-0.4, -0.2) is 15.7 Å². The van der Waals surface area contributed by atoms with Crippen LogP contribution in [0.5, 0.6) is 5.75 Å². The second-order valence-corrected chi connectivity index (χ2v) is 8.84. The maximum atomic E-state index is 6.44. The summed E-state index contributed by atoms with van der Waals surface area (Å²) in [6.07, 6.45) is 4.13. The van der Waals surface area contributed by atoms with Crippen molar-refractivity contribution in [2.45, 2.75) is 25.6 Å². The second-order valence-electron chi connectivity index (χ2n) is 7.07. The molecule has 0 amide bonds. The molecular formula is C22H17Br2N3O. The smallest absolute Gasteiger partial charge is 0.214 e. The average molecular weight is 499 g/mol. The summed E-state index contributed by atoms with van der Waals surface area (Å²) in [6, 6.07) is 16.8. The van der Waals surface area contributed by atoms with E-state index in [9.17, 15) is 0 Å². The van der Waals surface area contributed by atoms with Gasteiger partial charge in [-0.2, -0.15) is 5.10 Å². The highest BCUT2D eigenvalue weighted by Gasteiger charge is 2.41. The molecule has 140 valence electrons. The first-order valence-corrected chi connectivity index (χ1v) is 10.7. The van der Waals surface area contributed by atoms with Gasteiger partial charge in [-0.1, -0.05) is 45.8 Å². The van der Waals surface area contributed by atoms with Gasteiger partial charge in [0.15, 0.2) is 0 Å². The molecule has 0 spiro atoms. The highest BCUT2D eigenvalue weighted by molar-refractivity contribution is 9.11. The van der Waals surface area contributed by atoms with Crippen molar-refractivity contribution < 1.29 is 4.74 Å². The van der Waals surface area contributed by atoms with Gasteiger partial charge < -0.3 is 4.74 Å². The van der Waals surface area contributed by atoms with Crippen LogP contribution in [0, 0.1) is 6.92 Å². The number of nitrogens with zero attached hydrogens (tertiary/aromatic N) is 3. The van der Waals surface area contributed by atoms with Crippen LogP contribution in [0.15, 0.2) is 75.0 Å². The van der Waals surface area contributed by atoms with Crippen molar-refractivity contribution in [3.63, 3.8) is 0 Å². The summed E-state index contributed by atoms with van der Waals surface area (Å²) >= 11 is 7.29. The van der Waals surface area contributed by atoms with Gasteiger partial charge in [0, 0.05) is 34.4 Å². The van der Waals surface area contributed by atoms with Gasteiger partial charge in [0.25, 0.3) is 0 Å². The summed E-state index contributed by atoms with van der Waals surface area (Å²) in [4.78, 5) is 4.14. The van der Waals surface area contributed by atoms with Crippen LogP contribution in [0.2, 0.25) is 0 Å². The molecule has 28 heavy (non-hydrogen) atoms. The number of pyridine rings is 1. The number of aromatic nitrogens is 1. The number of hydrogen-bond acceptors (Lipinski definition) is 4. The molecule has 0 saturated carbocycles. The molecule has 0 N–H and O–H groups in total. The van der Waals surface area contributed by atoms with E-state index in [-0.39, 0.29) is 12.3 Å². The van der Waals surface area contributed by atoms with Gasteiger partial charge in [0.1, 0.15) is 5.75 Å². The lowest BCUT2D eigenvalue weighted by Crippen LogP contribution is -2.33. The van der Waals surface area contributed by atoms with Crippen LogP contribution >= 0.6 is 31.9 Å². The van der Waals surface area contributed by atoms with E-state index >= 15 is 0 Å². The van der Waals surface area contributed by atoms with Gasteiger partial charge in [0.2, 0.25) is 6.23 Å². The van der Waals surface area contributed by atoms with Gasteiger partial charge in [-0.25, -0.2) is 5.01 Å². The van der Waals surface area contributed by atoms with Gasteiger partial charge in [-0.15, -0.1) is 0 Å². The fraction of sp³-hybridized carbons (Fsp3) is 0.182. The summed E-state index contributed by atoms with van der Waals surface area (Å²) in [6.45, 7) is 2.10. The molecule has 0 radical (unpaired) electrons. The Morgan fingerprint density at radius 3 is 2.54 bits per heavy atom. The monoisotopic (exact) mass is 497 g/mol. The van der Waals surface area contributed by atoms with Crippen molar-refractivity contribution in [2.75, 3.05) is 0 Å². The second kappa shape index (κ2) is 7.01. The minimum Gasteiger partial charge on any atom is -0.463 e. The summed E-state index contributed by atoms with van der Waals surface area (Å²) in [5.74, 6) is 0.881. The Bertz CT molecular complexity index is 1070. The van der Waals surface area contributed by atoms with Crippen LogP contribution in [0.1, 0.15) is 40.9 Å². The lowest BCUT2D eigenvalue weighted by molar-refractivity contribution is -0.0197. The van der Waals surface area contributed by atoms with Crippen molar-refractivity contribution in [3.05, 3.63) is 92.1 Å². The number of aryl methyl sites for hydroxylation is 1. The normalized spacial score (nSPS) is 20.2. The van der Waals surface area contributed by atoms with Crippen molar-refractivity contribution in [2.24, 2.45) is 5.10 Å². The predicted octanol–water partition coefficient (Wildman–Crippen LogP) is 6.16. The van der Waals surface area contributed by atoms with Crippen LogP contribution in [0.25, 0.3) is 0 Å². The van der Waals surface area contributed by atoms with Gasteiger partial charge >= 0.3 is 0 Å². The number of ether oxygens (including phenoxy) is 1. The van der Waals surface area contributed by atoms with E-state index in [0.717, 1.165) is 43.5 Å². The van der Waals surface area contributed by atoms with E-state index < -0.39 is 0 Å². The van der Waals surface area contributed by atoms with Crippen LogP contribution in [-0.2, 0) is 0 Å². The molecule has 0 unspecified atom stereocenters. The third-order valence-corrected chi connectivity index (χ3v) is 6.23. The SMILES string of the molecule is Cc1ccc(C2=NN3[C@H](C2)c2cc(Br)cc(Br)c2O[C@@H]3c2ccncc2)cc1. The standard InChI is InChI=1S/C22H17Br2N3O/c1-13-2-4-14(5-3-13)19-12-20-17-10-16(23)11-18(24)21(17)28-22(27(20)26-19)15-6-8-25-9-7-15/h2-11,20,22H,12H2,1H3/t20-,22-/m1/s1. The molecule has 3 heterocycles. The van der Waals surface area contributed by atoms with Gasteiger partial charge in [0.05, 0.1) is 16.2 Å². The van der Waals surface area contributed by atoms with E-state index in [1.807, 2.05) is 18.2 Å². The number of rotatable bonds is 2. The quantitative estimate of drug-likeness (QED) is 0.424. The third-order valence-electron chi connectivity index (χ3n) is 5.18. The van der Waals surface area contributed by atoms with Crippen LogP contribution < -0.4 is 4.74 Å². The molecule has 0 bridgehead atoms. The van der Waals surface area contributed by atoms with Crippen molar-refractivity contribution >= 4 is 37.6 Å². The Balaban J connectivity index is 1.63. The highest BCUT2D eigenvalue weighted by atomic mass is 79.9. The van der Waals surface area contributed by atoms with E-state index in [4.69, 9.17) is 9.84 Å². The van der Waals surface area contributed by atoms with E-state index in [0.29, 0.717) is 0 Å². The molecule has 2 aromatic carbocycles. The lowest BCUT2D eigenvalue weighted by atomic mass is 9.95. The number of benzene rings is 2. The molecule has 0 fully saturated rings. The summed E-state index contributed by atoms with van der Waals surface area (Å²) in [5.41, 5.74) is 5.66. The zero-order chi connectivity index (χ0) is 19.3. The molecule has 6 heteroatoms. The first-order valence-electron chi connectivity index (χ1n) is 9.08. The summed E-state index contributed by atoms with van der Waals surface area (Å²) in [5, 5.41) is 7.09. The van der Waals surface area contributed by atoms with Crippen molar-refractivity contribution in [3.8, 4) is 5.75 Å². The van der Waals surface area contributed by atoms with Crippen LogP contribution in [0.3, 0.4) is 0 Å². The molecule has 3 aromatic rings. The number of halogens is 2. The highest BCUT2D eigenvalue weighted by Crippen LogP contribution is 2.50. The van der Waals surface area contributed by atoms with E-state index in [2.05, 4.69) is 79.1 Å². The molecule has 4 nitrogen and oxygen atoms in total. The third kappa shape index (κ3) is 3.05. The molecule has 0 saturated heterocycles. The van der Waals surface area contributed by atoms with E-state index in [1.165, 1.54) is 5.56 Å². The minimum absolute atomic E-state index is 0.118. The summed E-state index contributed by atoms with van der Waals surface area (Å²) in [7, 11) is 0. The zero-order valence-corrected chi connectivity index (χ0v) is 18.3. The first-order chi connectivity index (χ1) is 13.6. The summed E-state index contributed by atoms with van der Waals surface area (Å²) < 4.78 is 8.41. The number of fused-ring (bicyclic) bond motifs is 3. The molecular weight excluding hydrogens is 482 g/mol. The Morgan fingerprint density at radius 1 is 1.04 bits per heavy atom. The molecule has 5 rings (SSSR count). The topological polar surface area (TPSA) is 37.7 Å². The molecule has 1 aromatic heterocycles. The van der Waals surface area contributed by atoms with Gasteiger partial charge in [-0.05, 0) is 52.7 Å². The fourth-order valence-electron chi connectivity index (χ4n) is 3.78. The Morgan fingerprint density at radius 2 is 1.79 bits per heavy atom. The average Bonchev–Trinajstić information content (AvgIpc) is 3.14. The van der Waals surface area contributed by atoms with Crippen molar-refractivity contribution in [1.82, 2.24) is 9.99 Å². The Kier molecular flexibility index (Phi) is 4.48.